The molecule has 1 N–H and O–H groups in total. The monoisotopic (exact) mass is 441 g/mol. The van der Waals surface area contributed by atoms with E-state index in [9.17, 15) is 22.8 Å². The number of alkyl halides is 3. The summed E-state index contributed by atoms with van der Waals surface area (Å²) in [4.78, 5) is 26.6. The molecule has 1 aliphatic rings. The molecule has 0 bridgehead atoms. The van der Waals surface area contributed by atoms with Crippen molar-refractivity contribution >= 4 is 11.7 Å². The number of nitrogens with zero attached hydrogens (tertiary/aromatic N) is 4. The highest BCUT2D eigenvalue weighted by atomic mass is 19.4. The number of ether oxygens (including phenoxy) is 1. The Morgan fingerprint density at radius 1 is 1.23 bits per heavy atom. The number of rotatable bonds is 6. The Bertz CT molecular complexity index is 944. The number of carbonyl (C=O) groups is 1. The van der Waals surface area contributed by atoms with Gasteiger partial charge < -0.3 is 15.0 Å². The molecule has 2 amide bonds. The van der Waals surface area contributed by atoms with Gasteiger partial charge in [0.15, 0.2) is 0 Å². The number of hydrogen-bond donors (Lipinski definition) is 1. The van der Waals surface area contributed by atoms with Crippen molar-refractivity contribution < 1.29 is 22.7 Å². The number of amides is 2. The summed E-state index contributed by atoms with van der Waals surface area (Å²) in [5.74, 6) is 0.762. The van der Waals surface area contributed by atoms with Crippen molar-refractivity contribution in [1.29, 1.82) is 0 Å². The normalized spacial score (nSPS) is 15.3. The van der Waals surface area contributed by atoms with Gasteiger partial charge in [-0.15, -0.1) is 0 Å². The molecule has 0 radical (unpaired) electrons. The van der Waals surface area contributed by atoms with Crippen molar-refractivity contribution in [3.8, 4) is 0 Å². The third-order valence-corrected chi connectivity index (χ3v) is 5.39. The van der Waals surface area contributed by atoms with Crippen molar-refractivity contribution in [2.24, 2.45) is 0 Å². The molecule has 1 aliphatic heterocycles. The highest BCUT2D eigenvalue weighted by Gasteiger charge is 2.31. The van der Waals surface area contributed by atoms with Crippen molar-refractivity contribution in [3.05, 3.63) is 46.1 Å². The Morgan fingerprint density at radius 3 is 2.42 bits per heavy atom. The number of aromatic nitrogens is 3. The molecule has 170 valence electrons. The average Bonchev–Trinajstić information content (AvgIpc) is 3.07. The van der Waals surface area contributed by atoms with Gasteiger partial charge in [-0.3, -0.25) is 4.57 Å². The van der Waals surface area contributed by atoms with Crippen LogP contribution in [0.15, 0.2) is 29.1 Å². The second-order valence-electron chi connectivity index (χ2n) is 7.37. The first-order chi connectivity index (χ1) is 14.7. The molecule has 1 aromatic carbocycles. The van der Waals surface area contributed by atoms with Crippen LogP contribution in [0.3, 0.4) is 0 Å². The van der Waals surface area contributed by atoms with Gasteiger partial charge in [0.2, 0.25) is 0 Å². The van der Waals surface area contributed by atoms with Crippen molar-refractivity contribution in [3.63, 3.8) is 0 Å². The number of benzene rings is 1. The Hall–Kier alpha value is -2.82. The van der Waals surface area contributed by atoms with Crippen LogP contribution >= 0.6 is 0 Å². The number of anilines is 1. The first-order valence-electron chi connectivity index (χ1n) is 10.1. The maximum Gasteiger partial charge on any atom is 0.416 e. The van der Waals surface area contributed by atoms with E-state index in [-0.39, 0.29) is 17.6 Å². The molecule has 2 aromatic rings. The zero-order chi connectivity index (χ0) is 22.6. The minimum absolute atomic E-state index is 0.0477. The third kappa shape index (κ3) is 5.27. The number of likely N-dealkylation sites (tertiary alicyclic amines) is 1. The molecular formula is C20H26F3N5O3. The lowest BCUT2D eigenvalue weighted by Crippen LogP contribution is -2.41. The Morgan fingerprint density at radius 2 is 1.87 bits per heavy atom. The number of carbonyl (C=O) groups excluding carboxylic acids is 1. The number of halogens is 3. The van der Waals surface area contributed by atoms with Crippen LogP contribution in [0.4, 0.5) is 23.7 Å². The molecule has 0 spiro atoms. The summed E-state index contributed by atoms with van der Waals surface area (Å²) in [5.41, 5.74) is -0.632. The summed E-state index contributed by atoms with van der Waals surface area (Å²) in [6.45, 7) is 4.09. The largest absolute Gasteiger partial charge is 0.416 e. The highest BCUT2D eigenvalue weighted by molar-refractivity contribution is 5.89. The molecule has 0 atom stereocenters. The highest BCUT2D eigenvalue weighted by Crippen LogP contribution is 2.30. The van der Waals surface area contributed by atoms with Gasteiger partial charge in [-0.1, -0.05) is 0 Å². The maximum absolute atomic E-state index is 12.7. The summed E-state index contributed by atoms with van der Waals surface area (Å²) in [7, 11) is 1.56. The topological polar surface area (TPSA) is 81.4 Å². The summed E-state index contributed by atoms with van der Waals surface area (Å²) in [5, 5.41) is 7.12. The van der Waals surface area contributed by atoms with E-state index in [2.05, 4.69) is 10.4 Å². The lowest BCUT2D eigenvalue weighted by Gasteiger charge is -2.31. The zero-order valence-corrected chi connectivity index (χ0v) is 17.5. The SMILES string of the molecule is CCn1c(C2CCN(C(=O)Nc3ccc(C(F)(F)F)cc3)CC2)nn(CCOC)c1=O. The van der Waals surface area contributed by atoms with Gasteiger partial charge >= 0.3 is 17.9 Å². The maximum atomic E-state index is 12.7. The summed E-state index contributed by atoms with van der Waals surface area (Å²) < 4.78 is 46.1. The molecule has 1 saturated heterocycles. The molecule has 3 rings (SSSR count). The predicted molar refractivity (Wildman–Crippen MR) is 108 cm³/mol. The van der Waals surface area contributed by atoms with Crippen LogP contribution in [0.5, 0.6) is 0 Å². The van der Waals surface area contributed by atoms with E-state index in [4.69, 9.17) is 4.74 Å². The van der Waals surface area contributed by atoms with Gasteiger partial charge in [-0.25, -0.2) is 14.3 Å². The van der Waals surface area contributed by atoms with E-state index in [0.717, 1.165) is 12.1 Å². The first-order valence-corrected chi connectivity index (χ1v) is 10.1. The quantitative estimate of drug-likeness (QED) is 0.747. The molecule has 2 heterocycles. The van der Waals surface area contributed by atoms with E-state index in [0.29, 0.717) is 57.1 Å². The number of methoxy groups -OCH3 is 1. The van der Waals surface area contributed by atoms with Gasteiger partial charge in [0.05, 0.1) is 18.7 Å². The van der Waals surface area contributed by atoms with Gasteiger partial charge in [-0.05, 0) is 44.0 Å². The average molecular weight is 441 g/mol. The van der Waals surface area contributed by atoms with E-state index in [1.165, 1.54) is 16.8 Å². The van der Waals surface area contributed by atoms with Gasteiger partial charge in [0.25, 0.3) is 0 Å². The van der Waals surface area contributed by atoms with E-state index < -0.39 is 11.7 Å². The standard InChI is InChI=1S/C20H26F3N5O3/c1-3-27-17(25-28(19(27)30)12-13-31-2)14-8-10-26(11-9-14)18(29)24-16-6-4-15(5-7-16)20(21,22)23/h4-7,14H,3,8-13H2,1-2H3,(H,24,29). The summed E-state index contributed by atoms with van der Waals surface area (Å²) >= 11 is 0. The molecule has 8 nitrogen and oxygen atoms in total. The Labute approximate surface area is 177 Å². The molecule has 1 fully saturated rings. The van der Waals surface area contributed by atoms with Gasteiger partial charge in [0, 0.05) is 38.3 Å². The Kier molecular flexibility index (Phi) is 7.04. The molecule has 1 aromatic heterocycles. The fraction of sp³-hybridized carbons (Fsp3) is 0.550. The van der Waals surface area contributed by atoms with Crippen LogP contribution in [-0.2, 0) is 24.0 Å². The van der Waals surface area contributed by atoms with Crippen LogP contribution < -0.4 is 11.0 Å². The van der Waals surface area contributed by atoms with E-state index in [1.807, 2.05) is 6.92 Å². The Balaban J connectivity index is 1.60. The molecule has 0 aliphatic carbocycles. The van der Waals surface area contributed by atoms with Gasteiger partial charge in [0.1, 0.15) is 5.82 Å². The van der Waals surface area contributed by atoms with Crippen molar-refractivity contribution in [2.45, 2.75) is 44.9 Å². The van der Waals surface area contributed by atoms with Gasteiger partial charge in [-0.2, -0.15) is 18.3 Å². The fourth-order valence-electron chi connectivity index (χ4n) is 3.67. The van der Waals surface area contributed by atoms with E-state index >= 15 is 0 Å². The number of piperidine rings is 1. The lowest BCUT2D eigenvalue weighted by atomic mass is 9.96. The minimum Gasteiger partial charge on any atom is -0.383 e. The van der Waals surface area contributed by atoms with Crippen molar-refractivity contribution in [1.82, 2.24) is 19.2 Å². The van der Waals surface area contributed by atoms with Crippen LogP contribution in [0.25, 0.3) is 0 Å². The molecule has 0 unspecified atom stereocenters. The summed E-state index contributed by atoms with van der Waals surface area (Å²) in [6.07, 6.45) is -3.14. The second-order valence-corrected chi connectivity index (χ2v) is 7.37. The molecule has 31 heavy (non-hydrogen) atoms. The molecule has 11 heteroatoms. The number of hydrogen-bond acceptors (Lipinski definition) is 4. The molecular weight excluding hydrogens is 415 g/mol. The van der Waals surface area contributed by atoms with Crippen LogP contribution in [0.2, 0.25) is 0 Å². The zero-order valence-electron chi connectivity index (χ0n) is 17.5. The fourth-order valence-corrected chi connectivity index (χ4v) is 3.67. The number of nitrogens with one attached hydrogen (secondary N) is 1. The minimum atomic E-state index is -4.42. The van der Waals surface area contributed by atoms with Crippen LogP contribution in [0, 0.1) is 0 Å². The van der Waals surface area contributed by atoms with E-state index in [1.54, 1.807) is 16.6 Å². The van der Waals surface area contributed by atoms with Crippen molar-refractivity contribution in [2.75, 3.05) is 32.1 Å². The summed E-state index contributed by atoms with van der Waals surface area (Å²) in [6, 6.07) is 3.98. The molecule has 0 saturated carbocycles. The van der Waals surface area contributed by atoms with Crippen LogP contribution in [-0.4, -0.2) is 52.1 Å². The first kappa shape index (κ1) is 22.9. The number of urea groups is 1. The smallest absolute Gasteiger partial charge is 0.383 e. The second kappa shape index (κ2) is 9.54. The predicted octanol–water partition coefficient (Wildman–Crippen LogP) is 3.14. The van der Waals surface area contributed by atoms with Crippen LogP contribution in [0.1, 0.15) is 37.1 Å². The lowest BCUT2D eigenvalue weighted by molar-refractivity contribution is -0.137. The third-order valence-electron chi connectivity index (χ3n) is 5.39.